The number of anilines is 1. The molecule has 0 bridgehead atoms. The van der Waals surface area contributed by atoms with Gasteiger partial charge in [-0.15, -0.1) is 0 Å². The van der Waals surface area contributed by atoms with Crippen molar-refractivity contribution in [1.82, 2.24) is 0 Å². The SMILES string of the molecule is CCCCCC(CC(=O)Nc1cc(C=CC(C)=O)ccc1C(C)(C)C)c1ccc(OCc2ccccc2)cc1OC. The van der Waals surface area contributed by atoms with Gasteiger partial charge < -0.3 is 14.8 Å². The summed E-state index contributed by atoms with van der Waals surface area (Å²) < 4.78 is 11.8. The van der Waals surface area contributed by atoms with Crippen LogP contribution in [0, 0.1) is 0 Å². The van der Waals surface area contributed by atoms with Gasteiger partial charge in [0.1, 0.15) is 18.1 Å². The van der Waals surface area contributed by atoms with Gasteiger partial charge >= 0.3 is 0 Å². The largest absolute Gasteiger partial charge is 0.496 e. The number of hydrogen-bond acceptors (Lipinski definition) is 4. The molecule has 0 heterocycles. The van der Waals surface area contributed by atoms with E-state index in [0.717, 1.165) is 65.1 Å². The van der Waals surface area contributed by atoms with Crippen LogP contribution in [-0.2, 0) is 21.6 Å². The van der Waals surface area contributed by atoms with Crippen molar-refractivity contribution in [3.63, 3.8) is 0 Å². The van der Waals surface area contributed by atoms with E-state index in [1.54, 1.807) is 19.3 Å². The number of carbonyl (C=O) groups excluding carboxylic acids is 2. The van der Waals surface area contributed by atoms with Gasteiger partial charge in [-0.2, -0.15) is 0 Å². The molecule has 3 aromatic rings. The van der Waals surface area contributed by atoms with Crippen LogP contribution in [0.3, 0.4) is 0 Å². The van der Waals surface area contributed by atoms with Crippen LogP contribution in [0.2, 0.25) is 0 Å². The number of methoxy groups -OCH3 is 1. The van der Waals surface area contributed by atoms with E-state index < -0.39 is 0 Å². The topological polar surface area (TPSA) is 64.6 Å². The first-order chi connectivity index (χ1) is 19.6. The minimum absolute atomic E-state index is 0.00134. The Kier molecular flexibility index (Phi) is 11.8. The molecular weight excluding hydrogens is 510 g/mol. The number of carbonyl (C=O) groups is 2. The first-order valence-corrected chi connectivity index (χ1v) is 14.6. The van der Waals surface area contributed by atoms with Crippen molar-refractivity contribution in [3.05, 3.63) is 95.1 Å². The Morgan fingerprint density at radius 3 is 2.39 bits per heavy atom. The fraction of sp³-hybridized carbons (Fsp3) is 0.389. The molecule has 1 N–H and O–H groups in total. The Balaban J connectivity index is 1.83. The first kappa shape index (κ1) is 31.7. The van der Waals surface area contributed by atoms with Crippen LogP contribution in [0.4, 0.5) is 5.69 Å². The van der Waals surface area contributed by atoms with Crippen LogP contribution in [-0.4, -0.2) is 18.8 Å². The highest BCUT2D eigenvalue weighted by Gasteiger charge is 2.23. The third kappa shape index (κ3) is 9.93. The lowest BCUT2D eigenvalue weighted by Crippen LogP contribution is -2.20. The number of ether oxygens (including phenoxy) is 2. The van der Waals surface area contributed by atoms with Gasteiger partial charge in [0.25, 0.3) is 0 Å². The van der Waals surface area contributed by atoms with E-state index in [1.807, 2.05) is 66.7 Å². The molecule has 41 heavy (non-hydrogen) atoms. The van der Waals surface area contributed by atoms with E-state index in [1.165, 1.54) is 6.92 Å². The lowest BCUT2D eigenvalue weighted by molar-refractivity contribution is -0.116. The van der Waals surface area contributed by atoms with Gasteiger partial charge in [-0.25, -0.2) is 0 Å². The van der Waals surface area contributed by atoms with Crippen molar-refractivity contribution in [2.24, 2.45) is 0 Å². The van der Waals surface area contributed by atoms with Crippen LogP contribution in [0.5, 0.6) is 11.5 Å². The summed E-state index contributed by atoms with van der Waals surface area (Å²) in [4.78, 5) is 25.0. The van der Waals surface area contributed by atoms with Gasteiger partial charge in [0.05, 0.1) is 7.11 Å². The second kappa shape index (κ2) is 15.2. The van der Waals surface area contributed by atoms with Gasteiger partial charge in [-0.05, 0) is 65.1 Å². The van der Waals surface area contributed by atoms with Crippen molar-refractivity contribution < 1.29 is 19.1 Å². The van der Waals surface area contributed by atoms with Crippen molar-refractivity contribution in [2.75, 3.05) is 12.4 Å². The average Bonchev–Trinajstić information content (AvgIpc) is 2.94. The maximum atomic E-state index is 13.6. The summed E-state index contributed by atoms with van der Waals surface area (Å²) in [7, 11) is 1.67. The molecule has 5 nitrogen and oxygen atoms in total. The molecule has 3 rings (SSSR count). The van der Waals surface area contributed by atoms with E-state index in [-0.39, 0.29) is 23.0 Å². The summed E-state index contributed by atoms with van der Waals surface area (Å²) in [6, 6.07) is 21.9. The fourth-order valence-electron chi connectivity index (χ4n) is 4.93. The highest BCUT2D eigenvalue weighted by Crippen LogP contribution is 2.37. The van der Waals surface area contributed by atoms with E-state index in [4.69, 9.17) is 9.47 Å². The standard InChI is InChI=1S/C36H45NO4/c1-7-8-10-15-29(31-20-19-30(24-34(31)40-6)41-25-28-13-11-9-12-14-28)23-35(39)37-33-22-27(17-16-26(2)38)18-21-32(33)36(3,4)5/h9,11-14,16-22,24,29H,7-8,10,15,23,25H2,1-6H3,(H,37,39). The van der Waals surface area contributed by atoms with E-state index in [2.05, 4.69) is 33.0 Å². The second-order valence-electron chi connectivity index (χ2n) is 11.6. The molecule has 1 atom stereocenters. The highest BCUT2D eigenvalue weighted by molar-refractivity contribution is 5.94. The molecule has 0 aliphatic rings. The number of amides is 1. The molecule has 0 saturated carbocycles. The molecule has 218 valence electrons. The molecule has 0 aromatic heterocycles. The lowest BCUT2D eigenvalue weighted by Gasteiger charge is -2.25. The monoisotopic (exact) mass is 555 g/mol. The van der Waals surface area contributed by atoms with Crippen molar-refractivity contribution >= 4 is 23.5 Å². The normalized spacial score (nSPS) is 12.2. The molecule has 5 heteroatoms. The zero-order chi connectivity index (χ0) is 29.8. The maximum Gasteiger partial charge on any atom is 0.224 e. The summed E-state index contributed by atoms with van der Waals surface area (Å²) in [5.41, 5.74) is 4.64. The Bertz CT molecular complexity index is 1320. The second-order valence-corrected chi connectivity index (χ2v) is 11.6. The molecule has 0 radical (unpaired) electrons. The quantitative estimate of drug-likeness (QED) is 0.159. The van der Waals surface area contributed by atoms with Gasteiger partial charge in [0, 0.05) is 18.2 Å². The molecule has 1 unspecified atom stereocenters. The Labute approximate surface area is 246 Å². The lowest BCUT2D eigenvalue weighted by atomic mass is 9.84. The summed E-state index contributed by atoms with van der Waals surface area (Å²) >= 11 is 0. The molecule has 0 aliphatic heterocycles. The Morgan fingerprint density at radius 1 is 0.976 bits per heavy atom. The van der Waals surface area contributed by atoms with Crippen LogP contribution < -0.4 is 14.8 Å². The smallest absolute Gasteiger partial charge is 0.224 e. The minimum Gasteiger partial charge on any atom is -0.496 e. The Morgan fingerprint density at radius 2 is 1.73 bits per heavy atom. The van der Waals surface area contributed by atoms with Crippen LogP contribution in [0.1, 0.15) is 94.9 Å². The zero-order valence-electron chi connectivity index (χ0n) is 25.5. The summed E-state index contributed by atoms with van der Waals surface area (Å²) in [5.74, 6) is 1.40. The maximum absolute atomic E-state index is 13.6. The average molecular weight is 556 g/mol. The molecule has 1 amide bonds. The zero-order valence-corrected chi connectivity index (χ0v) is 25.5. The van der Waals surface area contributed by atoms with Crippen LogP contribution in [0.15, 0.2) is 72.8 Å². The number of unbranched alkanes of at least 4 members (excludes halogenated alkanes) is 2. The number of benzene rings is 3. The number of allylic oxidation sites excluding steroid dienone is 1. The molecule has 3 aromatic carbocycles. The van der Waals surface area contributed by atoms with Gasteiger partial charge in [0.15, 0.2) is 5.78 Å². The van der Waals surface area contributed by atoms with Gasteiger partial charge in [-0.1, -0.05) is 102 Å². The van der Waals surface area contributed by atoms with Crippen LogP contribution >= 0.6 is 0 Å². The number of rotatable bonds is 14. The third-order valence-corrected chi connectivity index (χ3v) is 7.12. The molecule has 0 saturated heterocycles. The summed E-state index contributed by atoms with van der Waals surface area (Å²) in [5, 5.41) is 3.20. The number of nitrogens with one attached hydrogen (secondary N) is 1. The molecule has 0 aliphatic carbocycles. The number of ketones is 1. The van der Waals surface area contributed by atoms with Crippen molar-refractivity contribution in [2.45, 2.75) is 84.7 Å². The van der Waals surface area contributed by atoms with E-state index >= 15 is 0 Å². The summed E-state index contributed by atoms with van der Waals surface area (Å²) in [6.07, 6.45) is 7.79. The van der Waals surface area contributed by atoms with Crippen molar-refractivity contribution in [1.29, 1.82) is 0 Å². The minimum atomic E-state index is -0.162. The van der Waals surface area contributed by atoms with Crippen LogP contribution in [0.25, 0.3) is 6.08 Å². The predicted octanol–water partition coefficient (Wildman–Crippen LogP) is 8.87. The highest BCUT2D eigenvalue weighted by atomic mass is 16.5. The van der Waals surface area contributed by atoms with Gasteiger partial charge in [0.2, 0.25) is 5.91 Å². The van der Waals surface area contributed by atoms with E-state index in [0.29, 0.717) is 13.0 Å². The molecule has 0 spiro atoms. The third-order valence-electron chi connectivity index (χ3n) is 7.12. The molecule has 0 fully saturated rings. The first-order valence-electron chi connectivity index (χ1n) is 14.6. The predicted molar refractivity (Wildman–Crippen MR) is 169 cm³/mol. The summed E-state index contributed by atoms with van der Waals surface area (Å²) in [6.45, 7) is 10.6. The molecular formula is C36H45NO4. The van der Waals surface area contributed by atoms with E-state index in [9.17, 15) is 9.59 Å². The number of hydrogen-bond donors (Lipinski definition) is 1. The van der Waals surface area contributed by atoms with Crippen molar-refractivity contribution in [3.8, 4) is 11.5 Å². The van der Waals surface area contributed by atoms with Gasteiger partial charge in [-0.3, -0.25) is 9.59 Å². The Hall–Kier alpha value is -3.86. The fourth-order valence-corrected chi connectivity index (χ4v) is 4.93.